The molecular formula is C11H8ClF3N2O. The highest BCUT2D eigenvalue weighted by Crippen LogP contribution is 2.36. The number of amides is 1. The van der Waals surface area contributed by atoms with Gasteiger partial charge in [-0.1, -0.05) is 11.6 Å². The predicted octanol–water partition coefficient (Wildman–Crippen LogP) is 3.46. The molecule has 0 aliphatic rings. The van der Waals surface area contributed by atoms with Crippen molar-refractivity contribution in [3.05, 3.63) is 28.8 Å². The lowest BCUT2D eigenvalue weighted by molar-refractivity contribution is -0.137. The Kier molecular flexibility index (Phi) is 4.19. The molecule has 1 amide bonds. The van der Waals surface area contributed by atoms with Gasteiger partial charge in [-0.25, -0.2) is 0 Å². The zero-order chi connectivity index (χ0) is 13.9. The van der Waals surface area contributed by atoms with E-state index in [-0.39, 0.29) is 5.02 Å². The van der Waals surface area contributed by atoms with Crippen LogP contribution in [0.4, 0.5) is 18.9 Å². The molecular weight excluding hydrogens is 269 g/mol. The van der Waals surface area contributed by atoms with Crippen LogP contribution in [-0.4, -0.2) is 5.91 Å². The molecule has 0 aromatic heterocycles. The highest BCUT2D eigenvalue weighted by Gasteiger charge is 2.34. The van der Waals surface area contributed by atoms with E-state index >= 15 is 0 Å². The zero-order valence-electron chi connectivity index (χ0n) is 9.18. The fraction of sp³-hybridized carbons (Fsp3) is 0.273. The van der Waals surface area contributed by atoms with Crippen LogP contribution in [-0.2, 0) is 11.0 Å². The van der Waals surface area contributed by atoms with Crippen molar-refractivity contribution in [3.8, 4) is 6.07 Å². The molecule has 0 radical (unpaired) electrons. The number of alkyl halides is 3. The lowest BCUT2D eigenvalue weighted by Crippen LogP contribution is -2.21. The second-order valence-electron chi connectivity index (χ2n) is 3.53. The lowest BCUT2D eigenvalue weighted by Gasteiger charge is -2.14. The molecule has 0 spiro atoms. The Hall–Kier alpha value is -1.74. The van der Waals surface area contributed by atoms with Crippen molar-refractivity contribution >= 4 is 23.2 Å². The number of carbonyl (C=O) groups excluding carboxylic acids is 1. The van der Waals surface area contributed by atoms with Gasteiger partial charge in [-0.3, -0.25) is 4.79 Å². The van der Waals surface area contributed by atoms with E-state index in [0.717, 1.165) is 6.07 Å². The maximum Gasteiger partial charge on any atom is 0.418 e. The molecule has 0 bridgehead atoms. The summed E-state index contributed by atoms with van der Waals surface area (Å²) in [4.78, 5) is 11.4. The summed E-state index contributed by atoms with van der Waals surface area (Å²) in [6.45, 7) is 1.29. The molecule has 0 saturated carbocycles. The van der Waals surface area contributed by atoms with Gasteiger partial charge in [0, 0.05) is 5.02 Å². The number of rotatable bonds is 2. The first-order valence-corrected chi connectivity index (χ1v) is 5.20. The van der Waals surface area contributed by atoms with Crippen LogP contribution in [0.1, 0.15) is 12.5 Å². The van der Waals surface area contributed by atoms with Crippen LogP contribution in [0, 0.1) is 17.2 Å². The van der Waals surface area contributed by atoms with Crippen molar-refractivity contribution in [3.63, 3.8) is 0 Å². The van der Waals surface area contributed by atoms with E-state index < -0.39 is 29.3 Å². The maximum atomic E-state index is 12.7. The van der Waals surface area contributed by atoms with E-state index in [2.05, 4.69) is 5.32 Å². The number of nitrogens with one attached hydrogen (secondary N) is 1. The quantitative estimate of drug-likeness (QED) is 0.899. The fourth-order valence-electron chi connectivity index (χ4n) is 1.16. The van der Waals surface area contributed by atoms with E-state index in [1.807, 2.05) is 0 Å². The molecule has 0 aliphatic heterocycles. The number of benzene rings is 1. The van der Waals surface area contributed by atoms with Gasteiger partial charge in [-0.05, 0) is 25.1 Å². The summed E-state index contributed by atoms with van der Waals surface area (Å²) in [7, 11) is 0. The van der Waals surface area contributed by atoms with Crippen LogP contribution in [0.3, 0.4) is 0 Å². The van der Waals surface area contributed by atoms with Crippen molar-refractivity contribution in [2.45, 2.75) is 13.1 Å². The summed E-state index contributed by atoms with van der Waals surface area (Å²) in [5, 5.41) is 10.5. The summed E-state index contributed by atoms with van der Waals surface area (Å²) < 4.78 is 38.1. The van der Waals surface area contributed by atoms with Gasteiger partial charge in [-0.2, -0.15) is 18.4 Å². The number of carbonyl (C=O) groups is 1. The average Bonchev–Trinajstić information content (AvgIpc) is 2.28. The molecule has 96 valence electrons. The van der Waals surface area contributed by atoms with Gasteiger partial charge >= 0.3 is 6.18 Å². The molecule has 7 heteroatoms. The standard InChI is InChI=1S/C11H8ClF3N2O/c1-6(5-16)10(18)17-9-3-2-7(12)4-8(9)11(13,14)15/h2-4,6H,1H3,(H,17,18). The third-order valence-electron chi connectivity index (χ3n) is 2.13. The van der Waals surface area contributed by atoms with Crippen LogP contribution >= 0.6 is 11.6 Å². The number of nitrogens with zero attached hydrogens (tertiary/aromatic N) is 1. The Labute approximate surface area is 106 Å². The van der Waals surface area contributed by atoms with E-state index in [4.69, 9.17) is 16.9 Å². The van der Waals surface area contributed by atoms with Crippen molar-refractivity contribution in [2.24, 2.45) is 5.92 Å². The summed E-state index contributed by atoms with van der Waals surface area (Å²) in [6.07, 6.45) is -4.64. The van der Waals surface area contributed by atoms with Crippen molar-refractivity contribution in [2.75, 3.05) is 5.32 Å². The molecule has 1 aromatic carbocycles. The third-order valence-corrected chi connectivity index (χ3v) is 2.37. The van der Waals surface area contributed by atoms with Crippen molar-refractivity contribution < 1.29 is 18.0 Å². The average molecular weight is 277 g/mol. The van der Waals surface area contributed by atoms with E-state index in [9.17, 15) is 18.0 Å². The van der Waals surface area contributed by atoms with Gasteiger partial charge in [-0.15, -0.1) is 0 Å². The summed E-state index contributed by atoms with van der Waals surface area (Å²) in [5.41, 5.74) is -1.47. The fourth-order valence-corrected chi connectivity index (χ4v) is 1.33. The summed E-state index contributed by atoms with van der Waals surface area (Å²) >= 11 is 5.48. The van der Waals surface area contributed by atoms with Crippen LogP contribution in [0.2, 0.25) is 5.02 Å². The molecule has 1 unspecified atom stereocenters. The predicted molar refractivity (Wildman–Crippen MR) is 59.9 cm³/mol. The van der Waals surface area contributed by atoms with Gasteiger partial charge in [0.2, 0.25) is 5.91 Å². The van der Waals surface area contributed by atoms with Crippen molar-refractivity contribution in [1.29, 1.82) is 5.26 Å². The molecule has 3 nitrogen and oxygen atoms in total. The first-order chi connectivity index (χ1) is 8.25. The second-order valence-corrected chi connectivity index (χ2v) is 3.96. The Morgan fingerprint density at radius 3 is 2.61 bits per heavy atom. The minimum atomic E-state index is -4.64. The van der Waals surface area contributed by atoms with Gasteiger partial charge < -0.3 is 5.32 Å². The lowest BCUT2D eigenvalue weighted by atomic mass is 10.1. The largest absolute Gasteiger partial charge is 0.418 e. The van der Waals surface area contributed by atoms with Gasteiger partial charge in [0.25, 0.3) is 0 Å². The Bertz CT molecular complexity index is 508. The SMILES string of the molecule is CC(C#N)C(=O)Nc1ccc(Cl)cc1C(F)(F)F. The summed E-state index contributed by atoms with van der Waals surface area (Å²) in [5.74, 6) is -1.84. The Morgan fingerprint density at radius 2 is 2.11 bits per heavy atom. The molecule has 1 N–H and O–H groups in total. The number of nitriles is 1. The highest BCUT2D eigenvalue weighted by molar-refractivity contribution is 6.30. The third kappa shape index (κ3) is 3.37. The molecule has 0 fully saturated rings. The molecule has 0 heterocycles. The first kappa shape index (κ1) is 14.3. The van der Waals surface area contributed by atoms with Crippen LogP contribution in [0.15, 0.2) is 18.2 Å². The Morgan fingerprint density at radius 1 is 1.50 bits per heavy atom. The number of hydrogen-bond donors (Lipinski definition) is 1. The molecule has 1 atom stereocenters. The number of hydrogen-bond acceptors (Lipinski definition) is 2. The minimum absolute atomic E-state index is 0.0892. The normalized spacial score (nSPS) is 12.7. The number of anilines is 1. The van der Waals surface area contributed by atoms with Crippen molar-refractivity contribution in [1.82, 2.24) is 0 Å². The summed E-state index contributed by atoms with van der Waals surface area (Å²) in [6, 6.07) is 4.63. The number of halogens is 4. The molecule has 1 rings (SSSR count). The maximum absolute atomic E-state index is 12.7. The van der Waals surface area contributed by atoms with E-state index in [1.165, 1.54) is 13.0 Å². The topological polar surface area (TPSA) is 52.9 Å². The Balaban J connectivity index is 3.11. The van der Waals surface area contributed by atoms with E-state index in [1.54, 1.807) is 6.07 Å². The van der Waals surface area contributed by atoms with Crippen LogP contribution in [0.5, 0.6) is 0 Å². The minimum Gasteiger partial charge on any atom is -0.324 e. The van der Waals surface area contributed by atoms with E-state index in [0.29, 0.717) is 6.07 Å². The van der Waals surface area contributed by atoms with Gasteiger partial charge in [0.15, 0.2) is 0 Å². The van der Waals surface area contributed by atoms with Crippen LogP contribution < -0.4 is 5.32 Å². The monoisotopic (exact) mass is 276 g/mol. The molecule has 0 aliphatic carbocycles. The molecule has 0 saturated heterocycles. The molecule has 1 aromatic rings. The highest BCUT2D eigenvalue weighted by atomic mass is 35.5. The molecule has 18 heavy (non-hydrogen) atoms. The second kappa shape index (κ2) is 5.27. The smallest absolute Gasteiger partial charge is 0.324 e. The van der Waals surface area contributed by atoms with Gasteiger partial charge in [0.1, 0.15) is 5.92 Å². The van der Waals surface area contributed by atoms with Crippen LogP contribution in [0.25, 0.3) is 0 Å². The van der Waals surface area contributed by atoms with Gasteiger partial charge in [0.05, 0.1) is 17.3 Å². The first-order valence-electron chi connectivity index (χ1n) is 4.83. The zero-order valence-corrected chi connectivity index (χ0v) is 9.93.